The predicted molar refractivity (Wildman–Crippen MR) is 237 cm³/mol. The lowest BCUT2D eigenvalue weighted by Gasteiger charge is -2.09. The van der Waals surface area contributed by atoms with Crippen LogP contribution < -0.4 is 9.47 Å². The van der Waals surface area contributed by atoms with Gasteiger partial charge in [0.2, 0.25) is 10.2 Å². The fourth-order valence-corrected chi connectivity index (χ4v) is 7.43. The highest BCUT2D eigenvalue weighted by molar-refractivity contribution is 8.14. The Morgan fingerprint density at radius 3 is 1.53 bits per heavy atom. The van der Waals surface area contributed by atoms with E-state index < -0.39 is 11.9 Å². The Kier molecular flexibility index (Phi) is 15.0. The fourth-order valence-electron chi connectivity index (χ4n) is 5.90. The van der Waals surface area contributed by atoms with Crippen molar-refractivity contribution in [1.82, 2.24) is 0 Å². The highest BCUT2D eigenvalue weighted by Gasteiger charge is 2.13. The number of ether oxygens (including phenoxy) is 4. The van der Waals surface area contributed by atoms with Crippen molar-refractivity contribution in [3.05, 3.63) is 168 Å². The summed E-state index contributed by atoms with van der Waals surface area (Å²) in [5, 5.41) is 3.70. The van der Waals surface area contributed by atoms with Crippen molar-refractivity contribution in [2.75, 3.05) is 26.4 Å². The summed E-state index contributed by atoms with van der Waals surface area (Å²) in [6.45, 7) is 10.1. The number of esters is 2. The maximum atomic E-state index is 13.3. The summed E-state index contributed by atoms with van der Waals surface area (Å²) in [6.07, 6.45) is 7.45. The minimum Gasteiger partial charge on any atom is -0.493 e. The molecule has 10 heteroatoms. The molecule has 59 heavy (non-hydrogen) atoms. The van der Waals surface area contributed by atoms with Crippen molar-refractivity contribution in [2.24, 2.45) is 0 Å². The average Bonchev–Trinajstić information content (AvgIpc) is 3.26. The molecular weight excluding hydrogens is 781 g/mol. The van der Waals surface area contributed by atoms with E-state index in [1.807, 2.05) is 128 Å². The van der Waals surface area contributed by atoms with Crippen LogP contribution >= 0.6 is 23.5 Å². The van der Waals surface area contributed by atoms with Gasteiger partial charge in [-0.15, -0.1) is 0 Å². The zero-order valence-corrected chi connectivity index (χ0v) is 34.2. The third kappa shape index (κ3) is 12.3. The molecule has 0 aromatic heterocycles. The molecule has 0 saturated carbocycles. The predicted octanol–water partition coefficient (Wildman–Crippen LogP) is 11.3. The molecular formula is C49H42O8S2. The Hall–Kier alpha value is -6.36. The molecule has 6 aromatic rings. The van der Waals surface area contributed by atoms with Gasteiger partial charge in [-0.3, -0.25) is 9.59 Å². The fraction of sp³-hybridized carbons (Fsp3) is 0.143. The van der Waals surface area contributed by atoms with Gasteiger partial charge in [-0.25, -0.2) is 9.59 Å². The molecule has 0 spiro atoms. The summed E-state index contributed by atoms with van der Waals surface area (Å²) in [5.74, 6) is 0.509. The topological polar surface area (TPSA) is 105 Å². The molecule has 0 heterocycles. The van der Waals surface area contributed by atoms with Crippen LogP contribution in [-0.4, -0.2) is 48.6 Å². The van der Waals surface area contributed by atoms with Crippen LogP contribution in [0.2, 0.25) is 0 Å². The van der Waals surface area contributed by atoms with Crippen molar-refractivity contribution >= 4 is 79.4 Å². The SMILES string of the molecule is C=CC(=O)OCCCOc1ccc2cc(C(=O)Sc3ccc(/C=C/c4ccc(SC(=O)c5ccc6cc(OCCCOC(=O)C=C)ccc6c5)c(C)c4)cc3)ccc2c1. The van der Waals surface area contributed by atoms with Crippen molar-refractivity contribution in [3.63, 3.8) is 0 Å². The zero-order valence-electron chi connectivity index (χ0n) is 32.5. The first-order valence-electron chi connectivity index (χ1n) is 18.9. The van der Waals surface area contributed by atoms with E-state index in [0.717, 1.165) is 60.2 Å². The van der Waals surface area contributed by atoms with Gasteiger partial charge in [0.25, 0.3) is 0 Å². The normalized spacial score (nSPS) is 11.0. The van der Waals surface area contributed by atoms with Gasteiger partial charge in [0.05, 0.1) is 26.4 Å². The summed E-state index contributed by atoms with van der Waals surface area (Å²) in [4.78, 5) is 50.5. The summed E-state index contributed by atoms with van der Waals surface area (Å²) < 4.78 is 21.5. The van der Waals surface area contributed by atoms with E-state index in [1.165, 1.54) is 23.5 Å². The molecule has 0 aliphatic carbocycles. The van der Waals surface area contributed by atoms with Gasteiger partial charge in [0, 0.05) is 45.9 Å². The molecule has 6 aromatic carbocycles. The van der Waals surface area contributed by atoms with Crippen molar-refractivity contribution in [3.8, 4) is 11.5 Å². The number of rotatable bonds is 18. The van der Waals surface area contributed by atoms with Crippen LogP contribution in [-0.2, 0) is 19.1 Å². The summed E-state index contributed by atoms with van der Waals surface area (Å²) >= 11 is 2.39. The number of fused-ring (bicyclic) bond motifs is 2. The molecule has 0 aliphatic heterocycles. The molecule has 0 radical (unpaired) electrons. The number of hydrogen-bond acceptors (Lipinski definition) is 10. The lowest BCUT2D eigenvalue weighted by atomic mass is 10.1. The minimum absolute atomic E-state index is 0.0382. The maximum Gasteiger partial charge on any atom is 0.330 e. The average molecular weight is 823 g/mol. The highest BCUT2D eigenvalue weighted by Crippen LogP contribution is 2.31. The van der Waals surface area contributed by atoms with Gasteiger partial charge in [0.1, 0.15) is 11.5 Å². The summed E-state index contributed by atoms with van der Waals surface area (Å²) in [7, 11) is 0. The van der Waals surface area contributed by atoms with Crippen LogP contribution in [0.1, 0.15) is 50.2 Å². The number of hydrogen-bond donors (Lipinski definition) is 0. The highest BCUT2D eigenvalue weighted by atomic mass is 32.2. The molecule has 0 amide bonds. The van der Waals surface area contributed by atoms with Crippen molar-refractivity contribution < 1.29 is 38.1 Å². The lowest BCUT2D eigenvalue weighted by molar-refractivity contribution is -0.138. The number of carbonyl (C=O) groups excluding carboxylic acids is 4. The van der Waals surface area contributed by atoms with Crippen molar-refractivity contribution in [2.45, 2.75) is 29.6 Å². The molecule has 0 unspecified atom stereocenters. The Morgan fingerprint density at radius 1 is 0.525 bits per heavy atom. The third-order valence-corrected chi connectivity index (χ3v) is 11.0. The van der Waals surface area contributed by atoms with E-state index in [4.69, 9.17) is 18.9 Å². The zero-order chi connectivity index (χ0) is 41.6. The second kappa shape index (κ2) is 20.9. The monoisotopic (exact) mass is 822 g/mol. The van der Waals surface area contributed by atoms with Gasteiger partial charge >= 0.3 is 11.9 Å². The smallest absolute Gasteiger partial charge is 0.330 e. The Bertz CT molecular complexity index is 2540. The second-order valence-electron chi connectivity index (χ2n) is 13.3. The van der Waals surface area contributed by atoms with Crippen molar-refractivity contribution in [1.29, 1.82) is 0 Å². The van der Waals surface area contributed by atoms with E-state index in [1.54, 1.807) is 0 Å². The first-order chi connectivity index (χ1) is 28.7. The van der Waals surface area contributed by atoms with Crippen LogP contribution in [0, 0.1) is 6.92 Å². The quantitative estimate of drug-likeness (QED) is 0.0273. The largest absolute Gasteiger partial charge is 0.493 e. The van der Waals surface area contributed by atoms with E-state index in [0.29, 0.717) is 48.7 Å². The molecule has 8 nitrogen and oxygen atoms in total. The molecule has 298 valence electrons. The lowest BCUT2D eigenvalue weighted by Crippen LogP contribution is -2.06. The van der Waals surface area contributed by atoms with Gasteiger partial charge in [-0.05, 0) is 135 Å². The first kappa shape index (κ1) is 42.3. The molecule has 0 atom stereocenters. The van der Waals surface area contributed by atoms with E-state index in [-0.39, 0.29) is 23.4 Å². The van der Waals surface area contributed by atoms with Gasteiger partial charge in [0.15, 0.2) is 0 Å². The van der Waals surface area contributed by atoms with E-state index in [9.17, 15) is 19.2 Å². The first-order valence-corrected chi connectivity index (χ1v) is 20.6. The Morgan fingerprint density at radius 2 is 1.00 bits per heavy atom. The minimum atomic E-state index is -0.450. The summed E-state index contributed by atoms with van der Waals surface area (Å²) in [6, 6.07) is 36.6. The number of thioether (sulfide) groups is 2. The number of aryl methyl sites for hydroxylation is 1. The van der Waals surface area contributed by atoms with Crippen LogP contribution in [0.15, 0.2) is 150 Å². The van der Waals surface area contributed by atoms with Gasteiger partial charge in [-0.1, -0.05) is 73.8 Å². The second-order valence-corrected chi connectivity index (χ2v) is 15.4. The Labute approximate surface area is 351 Å². The van der Waals surface area contributed by atoms with Gasteiger partial charge < -0.3 is 18.9 Å². The Balaban J connectivity index is 0.976. The van der Waals surface area contributed by atoms with Crippen LogP contribution in [0.5, 0.6) is 11.5 Å². The molecule has 0 bridgehead atoms. The van der Waals surface area contributed by atoms with E-state index >= 15 is 0 Å². The standard InChI is InChI=1S/C49H42O8S2/c1-4-46(50)56-26-6-24-54-42-19-17-36-29-40(15-13-38(36)31-42)48(52)58-44-21-10-34(11-22-44)8-9-35-12-23-45(33(3)28-35)59-49(53)41-16-14-39-32-43(20-18-37(39)30-41)55-25-7-27-57-47(51)5-2/h4-5,8-23,28-32H,1-2,6-7,24-27H2,3H3/b9-8+. The third-order valence-electron chi connectivity index (χ3n) is 8.99. The molecule has 0 fully saturated rings. The van der Waals surface area contributed by atoms with Crippen LogP contribution in [0.25, 0.3) is 33.7 Å². The molecule has 0 saturated heterocycles. The van der Waals surface area contributed by atoms with Crippen LogP contribution in [0.4, 0.5) is 0 Å². The maximum absolute atomic E-state index is 13.3. The summed E-state index contributed by atoms with van der Waals surface area (Å²) in [5.41, 5.74) is 4.23. The van der Waals surface area contributed by atoms with Gasteiger partial charge in [-0.2, -0.15) is 0 Å². The molecule has 0 aliphatic rings. The van der Waals surface area contributed by atoms with Crippen LogP contribution in [0.3, 0.4) is 0 Å². The molecule has 0 N–H and O–H groups in total. The molecule has 6 rings (SSSR count). The number of benzene rings is 6. The van der Waals surface area contributed by atoms with E-state index in [2.05, 4.69) is 19.2 Å². The number of carbonyl (C=O) groups is 4.